The Morgan fingerprint density at radius 1 is 0.974 bits per heavy atom. The lowest BCUT2D eigenvalue weighted by molar-refractivity contribution is -0.134. The van der Waals surface area contributed by atoms with Crippen molar-refractivity contribution < 1.29 is 13.9 Å². The number of halogens is 1. The van der Waals surface area contributed by atoms with E-state index in [0.717, 1.165) is 22.6 Å². The summed E-state index contributed by atoms with van der Waals surface area (Å²) in [6.07, 6.45) is 0.656. The number of nitrogens with zero attached hydrogens (tertiary/aromatic N) is 4. The van der Waals surface area contributed by atoms with Gasteiger partial charge in [-0.2, -0.15) is 5.10 Å². The second-order valence-corrected chi connectivity index (χ2v) is 10.0. The number of aryl methyl sites for hydroxylation is 2. The summed E-state index contributed by atoms with van der Waals surface area (Å²) in [4.78, 5) is 17.8. The number of hydrogen-bond donors (Lipinski definition) is 0. The van der Waals surface area contributed by atoms with Crippen LogP contribution in [-0.4, -0.2) is 60.9 Å². The molecule has 5 rings (SSSR count). The maximum absolute atomic E-state index is 14.2. The van der Waals surface area contributed by atoms with Crippen molar-refractivity contribution in [3.63, 3.8) is 0 Å². The number of hydrogen-bond acceptors (Lipinski definition) is 5. The van der Waals surface area contributed by atoms with E-state index < -0.39 is 0 Å². The maximum Gasteiger partial charge on any atom is 0.257 e. The van der Waals surface area contributed by atoms with Crippen molar-refractivity contribution in [1.82, 2.24) is 9.91 Å². The molecule has 0 spiro atoms. The Labute approximate surface area is 224 Å². The van der Waals surface area contributed by atoms with Crippen LogP contribution in [0.15, 0.2) is 71.8 Å². The van der Waals surface area contributed by atoms with Gasteiger partial charge in [0, 0.05) is 32.6 Å². The van der Waals surface area contributed by atoms with Gasteiger partial charge in [-0.1, -0.05) is 36.4 Å². The smallest absolute Gasteiger partial charge is 0.257 e. The highest BCUT2D eigenvalue weighted by Gasteiger charge is 2.34. The third-order valence-electron chi connectivity index (χ3n) is 7.51. The predicted octanol–water partition coefficient (Wildman–Crippen LogP) is 5.34. The minimum Gasteiger partial charge on any atom is -0.494 e. The first-order valence-electron chi connectivity index (χ1n) is 13.3. The number of hydrazone groups is 1. The molecule has 0 saturated carbocycles. The van der Waals surface area contributed by atoms with E-state index in [2.05, 4.69) is 36.9 Å². The van der Waals surface area contributed by atoms with Crippen molar-refractivity contribution in [2.75, 3.05) is 44.2 Å². The summed E-state index contributed by atoms with van der Waals surface area (Å²) in [7, 11) is 0. The van der Waals surface area contributed by atoms with Gasteiger partial charge in [0.15, 0.2) is 0 Å². The molecular formula is C31H35FN4O2. The first kappa shape index (κ1) is 25.9. The van der Waals surface area contributed by atoms with Crippen molar-refractivity contribution in [3.8, 4) is 5.75 Å². The molecule has 6 nitrogen and oxygen atoms in total. The number of benzene rings is 3. The van der Waals surface area contributed by atoms with Gasteiger partial charge in [-0.05, 0) is 73.4 Å². The van der Waals surface area contributed by atoms with Crippen molar-refractivity contribution in [2.24, 2.45) is 5.10 Å². The monoisotopic (exact) mass is 514 g/mol. The Hall–Kier alpha value is -3.71. The molecule has 2 heterocycles. The molecule has 38 heavy (non-hydrogen) atoms. The number of para-hydroxylation sites is 1. The molecule has 1 saturated heterocycles. The molecule has 0 N–H and O–H groups in total. The molecule has 3 aromatic carbocycles. The molecular weight excluding hydrogens is 479 g/mol. The SMILES string of the molecule is CCOc1ccc(C2CC(c3ccc(C)c(C)c3)=NN2C(=O)CN2CCN(c3ccccc3F)CC2)cc1. The van der Waals surface area contributed by atoms with Gasteiger partial charge < -0.3 is 9.64 Å². The standard InChI is InChI=1S/C31H35FN4O2/c1-4-38-26-13-11-24(12-14-26)30-20-28(25-10-9-22(2)23(3)19-25)33-36(30)31(37)21-34-15-17-35(18-16-34)29-8-6-5-7-27(29)32/h5-14,19,30H,4,15-18,20-21H2,1-3H3. The van der Waals surface area contributed by atoms with Crippen LogP contribution in [0, 0.1) is 19.7 Å². The highest BCUT2D eigenvalue weighted by molar-refractivity contribution is 6.03. The van der Waals surface area contributed by atoms with E-state index in [9.17, 15) is 9.18 Å². The zero-order valence-electron chi connectivity index (χ0n) is 22.4. The van der Waals surface area contributed by atoms with Crippen LogP contribution in [0.5, 0.6) is 5.75 Å². The summed E-state index contributed by atoms with van der Waals surface area (Å²) in [5, 5.41) is 6.54. The Morgan fingerprint density at radius 3 is 2.39 bits per heavy atom. The fourth-order valence-corrected chi connectivity index (χ4v) is 5.17. The predicted molar refractivity (Wildman–Crippen MR) is 149 cm³/mol. The molecule has 0 bridgehead atoms. The lowest BCUT2D eigenvalue weighted by Gasteiger charge is -2.36. The van der Waals surface area contributed by atoms with Crippen LogP contribution >= 0.6 is 0 Å². The Bertz CT molecular complexity index is 1320. The first-order chi connectivity index (χ1) is 18.4. The molecule has 0 radical (unpaired) electrons. The lowest BCUT2D eigenvalue weighted by atomic mass is 9.96. The summed E-state index contributed by atoms with van der Waals surface area (Å²) in [5.74, 6) is 0.581. The van der Waals surface area contributed by atoms with E-state index in [-0.39, 0.29) is 24.3 Å². The fourth-order valence-electron chi connectivity index (χ4n) is 5.17. The summed E-state index contributed by atoms with van der Waals surface area (Å²) >= 11 is 0. The number of rotatable bonds is 7. The van der Waals surface area contributed by atoms with Crippen molar-refractivity contribution in [1.29, 1.82) is 0 Å². The molecule has 1 unspecified atom stereocenters. The van der Waals surface area contributed by atoms with Gasteiger partial charge in [0.05, 0.1) is 30.6 Å². The zero-order valence-corrected chi connectivity index (χ0v) is 22.4. The van der Waals surface area contributed by atoms with Gasteiger partial charge in [-0.3, -0.25) is 9.69 Å². The van der Waals surface area contributed by atoms with Gasteiger partial charge in [0.2, 0.25) is 0 Å². The maximum atomic E-state index is 14.2. The van der Waals surface area contributed by atoms with E-state index in [0.29, 0.717) is 44.9 Å². The van der Waals surface area contributed by atoms with Gasteiger partial charge in [-0.25, -0.2) is 9.40 Å². The third kappa shape index (κ3) is 5.58. The van der Waals surface area contributed by atoms with Crippen LogP contribution in [0.1, 0.15) is 41.6 Å². The van der Waals surface area contributed by atoms with Crippen molar-refractivity contribution in [2.45, 2.75) is 33.2 Å². The average molecular weight is 515 g/mol. The molecule has 1 amide bonds. The molecule has 0 aliphatic carbocycles. The number of piperazine rings is 1. The Morgan fingerprint density at radius 2 is 1.71 bits per heavy atom. The second kappa shape index (κ2) is 11.4. The largest absolute Gasteiger partial charge is 0.494 e. The highest BCUT2D eigenvalue weighted by atomic mass is 19.1. The third-order valence-corrected chi connectivity index (χ3v) is 7.51. The summed E-state index contributed by atoms with van der Waals surface area (Å²) in [6.45, 7) is 9.78. The highest BCUT2D eigenvalue weighted by Crippen LogP contribution is 2.34. The number of anilines is 1. The molecule has 2 aliphatic rings. The topological polar surface area (TPSA) is 48.4 Å². The Kier molecular flexibility index (Phi) is 7.74. The summed E-state index contributed by atoms with van der Waals surface area (Å²) in [6, 6.07) is 21.0. The number of ether oxygens (including phenoxy) is 1. The molecule has 198 valence electrons. The van der Waals surface area contributed by atoms with Crippen LogP contribution in [0.3, 0.4) is 0 Å². The quantitative estimate of drug-likeness (QED) is 0.427. The molecule has 1 atom stereocenters. The van der Waals surface area contributed by atoms with Crippen LogP contribution in [-0.2, 0) is 4.79 Å². The van der Waals surface area contributed by atoms with Crippen molar-refractivity contribution in [3.05, 3.63) is 94.8 Å². The normalized spacial score (nSPS) is 18.0. The molecule has 7 heteroatoms. The fraction of sp³-hybridized carbons (Fsp3) is 0.355. The van der Waals surface area contributed by atoms with E-state index in [1.54, 1.807) is 11.1 Å². The lowest BCUT2D eigenvalue weighted by Crippen LogP contribution is -2.49. The van der Waals surface area contributed by atoms with Gasteiger partial charge in [-0.15, -0.1) is 0 Å². The minimum atomic E-state index is -0.208. The van der Waals surface area contributed by atoms with E-state index in [4.69, 9.17) is 9.84 Å². The molecule has 0 aromatic heterocycles. The number of carbonyl (C=O) groups is 1. The first-order valence-corrected chi connectivity index (χ1v) is 13.3. The van der Waals surface area contributed by atoms with Crippen LogP contribution in [0.4, 0.5) is 10.1 Å². The average Bonchev–Trinajstić information content (AvgIpc) is 3.37. The van der Waals surface area contributed by atoms with Gasteiger partial charge in [0.1, 0.15) is 11.6 Å². The van der Waals surface area contributed by atoms with Crippen molar-refractivity contribution >= 4 is 17.3 Å². The molecule has 2 aliphatic heterocycles. The van der Waals surface area contributed by atoms with E-state index >= 15 is 0 Å². The van der Waals surface area contributed by atoms with Gasteiger partial charge in [0.25, 0.3) is 5.91 Å². The van der Waals surface area contributed by atoms with Crippen LogP contribution in [0.2, 0.25) is 0 Å². The summed E-state index contributed by atoms with van der Waals surface area (Å²) in [5.41, 5.74) is 6.07. The summed E-state index contributed by atoms with van der Waals surface area (Å²) < 4.78 is 19.9. The van der Waals surface area contributed by atoms with Gasteiger partial charge >= 0.3 is 0 Å². The minimum absolute atomic E-state index is 0.0259. The van der Waals surface area contributed by atoms with E-state index in [1.165, 1.54) is 17.2 Å². The van der Waals surface area contributed by atoms with Crippen LogP contribution < -0.4 is 9.64 Å². The number of carbonyl (C=O) groups excluding carboxylic acids is 1. The van der Waals surface area contributed by atoms with E-state index in [1.807, 2.05) is 48.2 Å². The zero-order chi connectivity index (χ0) is 26.6. The second-order valence-electron chi connectivity index (χ2n) is 10.0. The number of amides is 1. The Balaban J connectivity index is 1.32. The molecule has 3 aromatic rings. The van der Waals surface area contributed by atoms with Crippen LogP contribution in [0.25, 0.3) is 0 Å². The molecule has 1 fully saturated rings.